The van der Waals surface area contributed by atoms with Gasteiger partial charge in [-0.05, 0) is 27.2 Å². The maximum Gasteiger partial charge on any atom is 0.409 e. The molecule has 0 aromatic rings. The third-order valence-corrected chi connectivity index (χ3v) is 2.99. The first kappa shape index (κ1) is 19.4. The van der Waals surface area contributed by atoms with Crippen molar-refractivity contribution in [1.29, 1.82) is 0 Å². The number of methoxy groups -OCH3 is 2. The number of amides is 3. The first-order chi connectivity index (χ1) is 9.65. The zero-order valence-electron chi connectivity index (χ0n) is 13.8. The van der Waals surface area contributed by atoms with Gasteiger partial charge in [-0.25, -0.2) is 4.79 Å². The van der Waals surface area contributed by atoms with Crippen LogP contribution < -0.4 is 0 Å². The molecule has 0 heterocycles. The van der Waals surface area contributed by atoms with Gasteiger partial charge in [0, 0.05) is 32.7 Å². The molecule has 0 aromatic heterocycles. The maximum absolute atomic E-state index is 11.8. The molecule has 0 rings (SSSR count). The predicted octanol–water partition coefficient (Wildman–Crippen LogP) is 1.26. The van der Waals surface area contributed by atoms with Gasteiger partial charge in [0.15, 0.2) is 0 Å². The van der Waals surface area contributed by atoms with Crippen molar-refractivity contribution in [2.75, 3.05) is 34.4 Å². The first-order valence-electron chi connectivity index (χ1n) is 6.79. The van der Waals surface area contributed by atoms with Crippen LogP contribution in [-0.4, -0.2) is 67.7 Å². The van der Waals surface area contributed by atoms with Crippen LogP contribution in [0.5, 0.6) is 0 Å². The van der Waals surface area contributed by atoms with Gasteiger partial charge in [-0.2, -0.15) is 0 Å². The van der Waals surface area contributed by atoms with E-state index in [1.807, 2.05) is 20.8 Å². The van der Waals surface area contributed by atoms with Crippen molar-refractivity contribution in [3.8, 4) is 0 Å². The Kier molecular flexibility index (Phi) is 7.94. The average Bonchev–Trinajstić information content (AvgIpc) is 2.40. The van der Waals surface area contributed by atoms with Crippen LogP contribution >= 0.6 is 0 Å². The molecule has 0 saturated carbocycles. The Morgan fingerprint density at radius 3 is 2.05 bits per heavy atom. The highest BCUT2D eigenvalue weighted by Crippen LogP contribution is 2.15. The van der Waals surface area contributed by atoms with Crippen molar-refractivity contribution in [2.24, 2.45) is 0 Å². The summed E-state index contributed by atoms with van der Waals surface area (Å²) in [6, 6.07) is 0. The van der Waals surface area contributed by atoms with E-state index in [-0.39, 0.29) is 24.8 Å². The van der Waals surface area contributed by atoms with E-state index in [1.165, 1.54) is 21.3 Å². The van der Waals surface area contributed by atoms with Crippen LogP contribution in [0.4, 0.5) is 4.79 Å². The summed E-state index contributed by atoms with van der Waals surface area (Å²) in [7, 11) is 4.14. The van der Waals surface area contributed by atoms with Gasteiger partial charge >= 0.3 is 6.09 Å². The SMILES string of the molecule is COCC(=O)N(C)C(=O)CCCN(C(=O)OC)C(C)(C)C. The maximum atomic E-state index is 11.8. The van der Waals surface area contributed by atoms with Crippen LogP contribution in [0.2, 0.25) is 0 Å². The van der Waals surface area contributed by atoms with Crippen molar-refractivity contribution in [1.82, 2.24) is 9.80 Å². The Labute approximate surface area is 126 Å². The van der Waals surface area contributed by atoms with Gasteiger partial charge in [-0.3, -0.25) is 14.5 Å². The second-order valence-corrected chi connectivity index (χ2v) is 5.68. The van der Waals surface area contributed by atoms with Crippen LogP contribution in [0.1, 0.15) is 33.6 Å². The normalized spacial score (nSPS) is 11.0. The number of ether oxygens (including phenoxy) is 2. The summed E-state index contributed by atoms with van der Waals surface area (Å²) in [5.41, 5.74) is -0.395. The van der Waals surface area contributed by atoms with Crippen LogP contribution in [-0.2, 0) is 19.1 Å². The highest BCUT2D eigenvalue weighted by Gasteiger charge is 2.27. The van der Waals surface area contributed by atoms with E-state index in [0.29, 0.717) is 13.0 Å². The Morgan fingerprint density at radius 2 is 1.62 bits per heavy atom. The molecule has 0 N–H and O–H groups in total. The number of nitrogens with zero attached hydrogens (tertiary/aromatic N) is 2. The van der Waals surface area contributed by atoms with Gasteiger partial charge in [0.1, 0.15) is 6.61 Å². The largest absolute Gasteiger partial charge is 0.453 e. The summed E-state index contributed by atoms with van der Waals surface area (Å²) in [6.45, 7) is 5.92. The molecule has 0 fully saturated rings. The molecule has 0 unspecified atom stereocenters. The fourth-order valence-corrected chi connectivity index (χ4v) is 1.73. The molecule has 7 nitrogen and oxygen atoms in total. The Bertz CT molecular complexity index is 376. The lowest BCUT2D eigenvalue weighted by Crippen LogP contribution is -2.46. The molecular weight excluding hydrogens is 276 g/mol. The standard InChI is InChI=1S/C14H26N2O5/c1-14(2,3)16(13(19)21-6)9-7-8-11(17)15(4)12(18)10-20-5/h7-10H2,1-6H3. The van der Waals surface area contributed by atoms with Gasteiger partial charge in [0.2, 0.25) is 5.91 Å². The van der Waals surface area contributed by atoms with E-state index in [4.69, 9.17) is 9.47 Å². The second-order valence-electron chi connectivity index (χ2n) is 5.68. The number of hydrogen-bond donors (Lipinski definition) is 0. The van der Waals surface area contributed by atoms with Gasteiger partial charge in [-0.1, -0.05) is 0 Å². The van der Waals surface area contributed by atoms with Crippen molar-refractivity contribution in [2.45, 2.75) is 39.2 Å². The first-order valence-corrected chi connectivity index (χ1v) is 6.79. The molecular formula is C14H26N2O5. The lowest BCUT2D eigenvalue weighted by Gasteiger charge is -2.34. The Hall–Kier alpha value is -1.63. The third kappa shape index (κ3) is 6.57. The zero-order chi connectivity index (χ0) is 16.6. The quantitative estimate of drug-likeness (QED) is 0.738. The monoisotopic (exact) mass is 302 g/mol. The molecule has 0 aliphatic rings. The minimum Gasteiger partial charge on any atom is -0.453 e. The predicted molar refractivity (Wildman–Crippen MR) is 77.8 cm³/mol. The summed E-state index contributed by atoms with van der Waals surface area (Å²) in [5.74, 6) is -0.682. The zero-order valence-corrected chi connectivity index (χ0v) is 13.8. The summed E-state index contributed by atoms with van der Waals surface area (Å²) in [4.78, 5) is 37.6. The molecule has 0 aliphatic heterocycles. The number of carbonyl (C=O) groups excluding carboxylic acids is 3. The molecule has 3 amide bonds. The molecule has 7 heteroatoms. The lowest BCUT2D eigenvalue weighted by atomic mass is 10.1. The van der Waals surface area contributed by atoms with Crippen LogP contribution in [0, 0.1) is 0 Å². The highest BCUT2D eigenvalue weighted by atomic mass is 16.5. The topological polar surface area (TPSA) is 76.2 Å². The van der Waals surface area contributed by atoms with E-state index in [0.717, 1.165) is 4.90 Å². The molecule has 21 heavy (non-hydrogen) atoms. The molecule has 122 valence electrons. The summed E-state index contributed by atoms with van der Waals surface area (Å²) >= 11 is 0. The molecule has 0 radical (unpaired) electrons. The van der Waals surface area contributed by atoms with E-state index in [9.17, 15) is 14.4 Å². The van der Waals surface area contributed by atoms with Gasteiger partial charge in [0.05, 0.1) is 7.11 Å². The minimum absolute atomic E-state index is 0.126. The van der Waals surface area contributed by atoms with Crippen molar-refractivity contribution in [3.05, 3.63) is 0 Å². The molecule has 0 bridgehead atoms. The average molecular weight is 302 g/mol. The molecule has 0 atom stereocenters. The molecule has 0 aromatic carbocycles. The molecule has 0 spiro atoms. The van der Waals surface area contributed by atoms with Crippen LogP contribution in [0.15, 0.2) is 0 Å². The fourth-order valence-electron chi connectivity index (χ4n) is 1.73. The van der Waals surface area contributed by atoms with Crippen molar-refractivity contribution >= 4 is 17.9 Å². The number of hydrogen-bond acceptors (Lipinski definition) is 5. The number of rotatable bonds is 6. The minimum atomic E-state index is -0.432. The Morgan fingerprint density at radius 1 is 1.05 bits per heavy atom. The number of likely N-dealkylation sites (N-methyl/N-ethyl adjacent to an activating group) is 1. The lowest BCUT2D eigenvalue weighted by molar-refractivity contribution is -0.145. The van der Waals surface area contributed by atoms with Crippen LogP contribution in [0.3, 0.4) is 0 Å². The van der Waals surface area contributed by atoms with Crippen molar-refractivity contribution < 1.29 is 23.9 Å². The number of imide groups is 1. The summed E-state index contributed by atoms with van der Waals surface area (Å²) in [5, 5.41) is 0. The van der Waals surface area contributed by atoms with E-state index in [2.05, 4.69) is 0 Å². The fraction of sp³-hybridized carbons (Fsp3) is 0.786. The Balaban J connectivity index is 4.42. The van der Waals surface area contributed by atoms with E-state index in [1.54, 1.807) is 4.90 Å². The molecule has 0 aliphatic carbocycles. The van der Waals surface area contributed by atoms with E-state index < -0.39 is 11.6 Å². The molecule has 0 saturated heterocycles. The smallest absolute Gasteiger partial charge is 0.409 e. The summed E-state index contributed by atoms with van der Waals surface area (Å²) in [6.07, 6.45) is 0.199. The van der Waals surface area contributed by atoms with Gasteiger partial charge < -0.3 is 14.4 Å². The van der Waals surface area contributed by atoms with Gasteiger partial charge in [0.25, 0.3) is 5.91 Å². The van der Waals surface area contributed by atoms with Crippen molar-refractivity contribution in [3.63, 3.8) is 0 Å². The van der Waals surface area contributed by atoms with Crippen LogP contribution in [0.25, 0.3) is 0 Å². The number of carbonyl (C=O) groups is 3. The third-order valence-electron chi connectivity index (χ3n) is 2.99. The highest BCUT2D eigenvalue weighted by molar-refractivity contribution is 5.95. The van der Waals surface area contributed by atoms with Gasteiger partial charge in [-0.15, -0.1) is 0 Å². The van der Waals surface area contributed by atoms with E-state index >= 15 is 0 Å². The second kappa shape index (κ2) is 8.61. The summed E-state index contributed by atoms with van der Waals surface area (Å²) < 4.78 is 9.43.